The second-order valence-corrected chi connectivity index (χ2v) is 8.98. The second kappa shape index (κ2) is 10.1. The molecule has 1 fully saturated rings. The number of nitro groups is 1. The maximum atomic E-state index is 11.4. The van der Waals surface area contributed by atoms with Crippen molar-refractivity contribution in [1.82, 2.24) is 9.88 Å². The van der Waals surface area contributed by atoms with Crippen molar-refractivity contribution >= 4 is 28.0 Å². The summed E-state index contributed by atoms with van der Waals surface area (Å²) in [4.78, 5) is 21.3. The smallest absolute Gasteiger partial charge is 0.270 e. The predicted octanol–water partition coefficient (Wildman–Crippen LogP) is 5.98. The van der Waals surface area contributed by atoms with Gasteiger partial charge in [0.25, 0.3) is 5.69 Å². The minimum Gasteiger partial charge on any atom is -0.494 e. The molecular formula is C28H28N4O3. The van der Waals surface area contributed by atoms with Crippen LogP contribution in [0, 0.1) is 10.1 Å². The molecular weight excluding hydrogens is 440 g/mol. The number of nitrogens with one attached hydrogen (secondary N) is 1. The molecule has 2 N–H and O–H groups in total. The average Bonchev–Trinajstić information content (AvgIpc) is 3.50. The van der Waals surface area contributed by atoms with E-state index in [1.54, 1.807) is 6.07 Å². The number of fused-ring (bicyclic) bond motifs is 1. The normalized spacial score (nSPS) is 14.6. The van der Waals surface area contributed by atoms with E-state index < -0.39 is 4.92 Å². The molecule has 0 amide bonds. The highest BCUT2D eigenvalue weighted by molar-refractivity contribution is 6.22. The molecule has 2 heterocycles. The van der Waals surface area contributed by atoms with E-state index in [0.717, 1.165) is 30.6 Å². The molecule has 0 unspecified atom stereocenters. The van der Waals surface area contributed by atoms with Gasteiger partial charge in [-0.1, -0.05) is 42.5 Å². The zero-order chi connectivity index (χ0) is 24.2. The summed E-state index contributed by atoms with van der Waals surface area (Å²) in [6.07, 6.45) is 4.80. The van der Waals surface area contributed by atoms with E-state index in [1.165, 1.54) is 43.6 Å². The van der Waals surface area contributed by atoms with Crippen molar-refractivity contribution in [1.29, 1.82) is 0 Å². The molecule has 7 nitrogen and oxygen atoms in total. The first-order valence-electron chi connectivity index (χ1n) is 12.0. The Balaban J connectivity index is 1.48. The van der Waals surface area contributed by atoms with E-state index in [4.69, 9.17) is 4.99 Å². The number of H-pyrrole nitrogens is 1. The summed E-state index contributed by atoms with van der Waals surface area (Å²) in [6, 6.07) is 22.2. The van der Waals surface area contributed by atoms with Gasteiger partial charge in [0.2, 0.25) is 0 Å². The number of non-ortho nitro benzene ring substituents is 1. The number of aromatic nitrogens is 1. The van der Waals surface area contributed by atoms with E-state index in [9.17, 15) is 15.2 Å². The molecule has 5 rings (SSSR count). The molecule has 4 aromatic rings. The van der Waals surface area contributed by atoms with E-state index in [2.05, 4.69) is 22.0 Å². The van der Waals surface area contributed by atoms with Crippen molar-refractivity contribution in [3.8, 4) is 5.88 Å². The summed E-state index contributed by atoms with van der Waals surface area (Å²) < 4.78 is 0. The summed E-state index contributed by atoms with van der Waals surface area (Å²) in [5, 5.41) is 22.7. The molecule has 0 spiro atoms. The summed E-state index contributed by atoms with van der Waals surface area (Å²) >= 11 is 0. The lowest BCUT2D eigenvalue weighted by molar-refractivity contribution is -0.384. The molecule has 0 aliphatic carbocycles. The molecule has 1 aromatic heterocycles. The number of hydrogen-bond acceptors (Lipinski definition) is 5. The molecule has 1 aliphatic rings. The maximum Gasteiger partial charge on any atom is 0.270 e. The highest BCUT2D eigenvalue weighted by Gasteiger charge is 2.21. The predicted molar refractivity (Wildman–Crippen MR) is 139 cm³/mol. The van der Waals surface area contributed by atoms with Crippen LogP contribution in [0.2, 0.25) is 0 Å². The molecule has 0 atom stereocenters. The van der Waals surface area contributed by atoms with Crippen LogP contribution < -0.4 is 0 Å². The van der Waals surface area contributed by atoms with Crippen LogP contribution in [-0.4, -0.2) is 45.3 Å². The van der Waals surface area contributed by atoms with Crippen molar-refractivity contribution < 1.29 is 10.0 Å². The third-order valence-corrected chi connectivity index (χ3v) is 6.57. The molecule has 35 heavy (non-hydrogen) atoms. The Labute approximate surface area is 203 Å². The number of rotatable bonds is 8. The molecule has 0 saturated carbocycles. The fourth-order valence-electron chi connectivity index (χ4n) is 4.76. The summed E-state index contributed by atoms with van der Waals surface area (Å²) in [5.41, 5.74) is 4.41. The van der Waals surface area contributed by atoms with Gasteiger partial charge in [0.1, 0.15) is 0 Å². The first-order chi connectivity index (χ1) is 17.1. The van der Waals surface area contributed by atoms with Crippen molar-refractivity contribution in [2.75, 3.05) is 19.6 Å². The number of nitro benzene ring substituents is 1. The highest BCUT2D eigenvalue weighted by Crippen LogP contribution is 2.33. The number of aryl methyl sites for hydroxylation is 1. The summed E-state index contributed by atoms with van der Waals surface area (Å²) in [7, 11) is 0. The quantitative estimate of drug-likeness (QED) is 0.189. The van der Waals surface area contributed by atoms with E-state index in [-0.39, 0.29) is 11.6 Å². The van der Waals surface area contributed by atoms with Gasteiger partial charge >= 0.3 is 0 Å². The van der Waals surface area contributed by atoms with Gasteiger partial charge in [-0.05, 0) is 69.1 Å². The molecule has 7 heteroatoms. The second-order valence-electron chi connectivity index (χ2n) is 8.98. The van der Waals surface area contributed by atoms with E-state index in [0.29, 0.717) is 22.2 Å². The van der Waals surface area contributed by atoms with Gasteiger partial charge in [-0.25, -0.2) is 4.99 Å². The van der Waals surface area contributed by atoms with Crippen LogP contribution in [0.25, 0.3) is 10.9 Å². The minimum atomic E-state index is -0.435. The highest BCUT2D eigenvalue weighted by atomic mass is 16.6. The van der Waals surface area contributed by atoms with E-state index in [1.807, 2.05) is 42.5 Å². The number of nitrogens with zero attached hydrogens (tertiary/aromatic N) is 3. The molecule has 1 aliphatic heterocycles. The maximum absolute atomic E-state index is 11.4. The van der Waals surface area contributed by atoms with Gasteiger partial charge in [-0.15, -0.1) is 0 Å². The van der Waals surface area contributed by atoms with Gasteiger partial charge < -0.3 is 15.0 Å². The zero-order valence-corrected chi connectivity index (χ0v) is 19.5. The monoisotopic (exact) mass is 468 g/mol. The number of aromatic hydroxyl groups is 1. The van der Waals surface area contributed by atoms with Crippen LogP contribution >= 0.6 is 0 Å². The Morgan fingerprint density at radius 2 is 1.77 bits per heavy atom. The van der Waals surface area contributed by atoms with Crippen LogP contribution in [0.15, 0.2) is 77.8 Å². The summed E-state index contributed by atoms with van der Waals surface area (Å²) in [6.45, 7) is 3.59. The Hall–Kier alpha value is -3.97. The number of hydrogen-bond donors (Lipinski definition) is 2. The number of aliphatic imine (C=N–C) groups is 1. The van der Waals surface area contributed by atoms with E-state index >= 15 is 0 Å². The third-order valence-electron chi connectivity index (χ3n) is 6.57. The first kappa shape index (κ1) is 22.8. The Kier molecular flexibility index (Phi) is 6.59. The average molecular weight is 469 g/mol. The van der Waals surface area contributed by atoms with Crippen LogP contribution in [-0.2, 0) is 6.42 Å². The lowest BCUT2D eigenvalue weighted by atomic mass is 10.0. The van der Waals surface area contributed by atoms with Crippen molar-refractivity contribution in [2.24, 2.45) is 4.99 Å². The van der Waals surface area contributed by atoms with Crippen LogP contribution in [0.4, 0.5) is 11.4 Å². The van der Waals surface area contributed by atoms with Crippen molar-refractivity contribution in [3.63, 3.8) is 0 Å². The first-order valence-corrected chi connectivity index (χ1v) is 12.0. The van der Waals surface area contributed by atoms with Crippen molar-refractivity contribution in [2.45, 2.75) is 25.7 Å². The van der Waals surface area contributed by atoms with Gasteiger partial charge in [0.05, 0.1) is 21.9 Å². The molecule has 0 radical (unpaired) electrons. The van der Waals surface area contributed by atoms with Gasteiger partial charge in [-0.2, -0.15) is 0 Å². The van der Waals surface area contributed by atoms with Crippen LogP contribution in [0.1, 0.15) is 36.0 Å². The van der Waals surface area contributed by atoms with Gasteiger partial charge in [0, 0.05) is 28.6 Å². The van der Waals surface area contributed by atoms with Gasteiger partial charge in [-0.3, -0.25) is 10.1 Å². The fourth-order valence-corrected chi connectivity index (χ4v) is 4.76. The molecule has 1 saturated heterocycles. The fraction of sp³-hybridized carbons (Fsp3) is 0.250. The Morgan fingerprint density at radius 3 is 2.49 bits per heavy atom. The zero-order valence-electron chi connectivity index (χ0n) is 19.5. The van der Waals surface area contributed by atoms with Gasteiger partial charge in [0.15, 0.2) is 5.88 Å². The standard InChI is InChI=1S/C28H28N4O3/c33-28-26(24-19-23(32(34)35)14-15-25(24)30-28)27(21-8-2-1-3-9-21)29-22-12-10-20(11-13-22)7-6-18-31-16-4-5-17-31/h1-3,8-15,19,30,33H,4-7,16-18H2. The van der Waals surface area contributed by atoms with Crippen molar-refractivity contribution in [3.05, 3.63) is 99.6 Å². The molecule has 3 aromatic carbocycles. The molecule has 0 bridgehead atoms. The molecule has 178 valence electrons. The lowest BCUT2D eigenvalue weighted by Gasteiger charge is -2.14. The van der Waals surface area contributed by atoms with Crippen LogP contribution in [0.3, 0.4) is 0 Å². The number of benzene rings is 3. The Morgan fingerprint density at radius 1 is 1.03 bits per heavy atom. The number of likely N-dealkylation sites (tertiary alicyclic amines) is 1. The van der Waals surface area contributed by atoms with Crippen LogP contribution in [0.5, 0.6) is 5.88 Å². The summed E-state index contributed by atoms with van der Waals surface area (Å²) in [5.74, 6) is -0.0679. The minimum absolute atomic E-state index is 0.0385. The largest absolute Gasteiger partial charge is 0.494 e. The SMILES string of the molecule is O=[N+]([O-])c1ccc2[nH]c(O)c(C(=Nc3ccc(CCCN4CCCC4)cc3)c3ccccc3)c2c1. The lowest BCUT2D eigenvalue weighted by Crippen LogP contribution is -2.20. The third kappa shape index (κ3) is 5.10. The topological polar surface area (TPSA) is 94.8 Å². The Bertz CT molecular complexity index is 1350. The number of aromatic amines is 1.